The second kappa shape index (κ2) is 4.90. The molecule has 0 atom stereocenters. The smallest absolute Gasteiger partial charge is 0.162 e. The van der Waals surface area contributed by atoms with Gasteiger partial charge in [-0.15, -0.1) is 0 Å². The molecule has 5 heteroatoms. The van der Waals surface area contributed by atoms with Gasteiger partial charge < -0.3 is 10.7 Å². The molecule has 0 bridgehead atoms. The minimum atomic E-state index is -0.0570. The first-order chi connectivity index (χ1) is 9.99. The van der Waals surface area contributed by atoms with E-state index in [1.54, 1.807) is 13.1 Å². The number of ketones is 1. The van der Waals surface area contributed by atoms with Gasteiger partial charge in [0.05, 0.1) is 5.52 Å². The SMILES string of the molecule is CC(=O)C(=C(C)N)c1ccc2[nH]c3ccnc(Cl)c3c2c1. The number of hydrogen-bond acceptors (Lipinski definition) is 3. The van der Waals surface area contributed by atoms with Gasteiger partial charge in [0.1, 0.15) is 5.15 Å². The summed E-state index contributed by atoms with van der Waals surface area (Å²) in [6, 6.07) is 7.60. The van der Waals surface area contributed by atoms with Crippen LogP contribution in [0.25, 0.3) is 27.4 Å². The highest BCUT2D eigenvalue weighted by atomic mass is 35.5. The van der Waals surface area contributed by atoms with Crippen molar-refractivity contribution in [3.63, 3.8) is 0 Å². The third kappa shape index (κ3) is 2.17. The van der Waals surface area contributed by atoms with Crippen LogP contribution in [-0.4, -0.2) is 15.8 Å². The summed E-state index contributed by atoms with van der Waals surface area (Å²) >= 11 is 6.20. The van der Waals surface area contributed by atoms with Crippen LogP contribution in [0.15, 0.2) is 36.2 Å². The van der Waals surface area contributed by atoms with E-state index in [1.807, 2.05) is 24.3 Å². The Bertz CT molecular complexity index is 904. The molecule has 3 N–H and O–H groups in total. The molecule has 0 fully saturated rings. The number of pyridine rings is 1. The van der Waals surface area contributed by atoms with Crippen molar-refractivity contribution in [2.24, 2.45) is 5.73 Å². The van der Waals surface area contributed by atoms with Gasteiger partial charge in [0.15, 0.2) is 5.78 Å². The quantitative estimate of drug-likeness (QED) is 0.560. The Morgan fingerprint density at radius 2 is 2.00 bits per heavy atom. The van der Waals surface area contributed by atoms with Crippen molar-refractivity contribution in [1.29, 1.82) is 0 Å². The molecule has 0 saturated heterocycles. The van der Waals surface area contributed by atoms with Crippen LogP contribution in [0.1, 0.15) is 19.4 Å². The Labute approximate surface area is 126 Å². The number of H-pyrrole nitrogens is 1. The molecule has 0 saturated carbocycles. The van der Waals surface area contributed by atoms with Crippen LogP contribution in [-0.2, 0) is 4.79 Å². The minimum absolute atomic E-state index is 0.0570. The fourth-order valence-corrected chi connectivity index (χ4v) is 2.93. The lowest BCUT2D eigenvalue weighted by Crippen LogP contribution is -2.05. The highest BCUT2D eigenvalue weighted by molar-refractivity contribution is 6.36. The number of halogens is 1. The average Bonchev–Trinajstić information content (AvgIpc) is 2.77. The molecular weight excluding hydrogens is 286 g/mol. The monoisotopic (exact) mass is 299 g/mol. The number of nitrogens with one attached hydrogen (secondary N) is 1. The number of allylic oxidation sites excluding steroid dienone is 2. The maximum Gasteiger partial charge on any atom is 0.162 e. The molecule has 0 aliphatic carbocycles. The molecular formula is C16H14ClN3O. The summed E-state index contributed by atoms with van der Waals surface area (Å²) in [5.74, 6) is -0.0570. The Balaban J connectivity index is 2.36. The zero-order valence-corrected chi connectivity index (χ0v) is 12.5. The number of aromatic nitrogens is 2. The van der Waals surface area contributed by atoms with Crippen molar-refractivity contribution in [2.45, 2.75) is 13.8 Å². The third-order valence-electron chi connectivity index (χ3n) is 3.50. The van der Waals surface area contributed by atoms with Crippen molar-refractivity contribution in [3.8, 4) is 0 Å². The van der Waals surface area contributed by atoms with Crippen LogP contribution in [0, 0.1) is 0 Å². The molecule has 4 nitrogen and oxygen atoms in total. The van der Waals surface area contributed by atoms with E-state index in [-0.39, 0.29) is 5.78 Å². The van der Waals surface area contributed by atoms with Crippen molar-refractivity contribution in [2.75, 3.05) is 0 Å². The lowest BCUT2D eigenvalue weighted by Gasteiger charge is -2.07. The number of hydrogen-bond donors (Lipinski definition) is 2. The summed E-state index contributed by atoms with van der Waals surface area (Å²) < 4.78 is 0. The fraction of sp³-hybridized carbons (Fsp3) is 0.125. The van der Waals surface area contributed by atoms with Gasteiger partial charge in [-0.05, 0) is 37.6 Å². The van der Waals surface area contributed by atoms with Crippen LogP contribution in [0.2, 0.25) is 5.15 Å². The van der Waals surface area contributed by atoms with E-state index in [4.69, 9.17) is 17.3 Å². The number of benzene rings is 1. The molecule has 0 spiro atoms. The Kier molecular flexibility index (Phi) is 3.18. The first kappa shape index (κ1) is 13.6. The normalized spacial score (nSPS) is 12.7. The van der Waals surface area contributed by atoms with Crippen LogP contribution in [0.3, 0.4) is 0 Å². The Morgan fingerprint density at radius 3 is 2.67 bits per heavy atom. The summed E-state index contributed by atoms with van der Waals surface area (Å²) in [6.07, 6.45) is 1.66. The van der Waals surface area contributed by atoms with Gasteiger partial charge in [-0.2, -0.15) is 0 Å². The zero-order valence-electron chi connectivity index (χ0n) is 11.7. The summed E-state index contributed by atoms with van der Waals surface area (Å²) in [6.45, 7) is 3.24. The van der Waals surface area contributed by atoms with Gasteiger partial charge in [-0.1, -0.05) is 17.7 Å². The predicted molar refractivity (Wildman–Crippen MR) is 86.1 cm³/mol. The molecule has 2 heterocycles. The molecule has 0 unspecified atom stereocenters. The summed E-state index contributed by atoms with van der Waals surface area (Å²) in [5, 5.41) is 2.22. The number of nitrogens with zero attached hydrogens (tertiary/aromatic N) is 1. The van der Waals surface area contributed by atoms with Crippen molar-refractivity contribution in [3.05, 3.63) is 46.9 Å². The van der Waals surface area contributed by atoms with Crippen LogP contribution >= 0.6 is 11.6 Å². The first-order valence-corrected chi connectivity index (χ1v) is 6.90. The number of rotatable bonds is 2. The van der Waals surface area contributed by atoms with Gasteiger partial charge in [-0.25, -0.2) is 4.98 Å². The van der Waals surface area contributed by atoms with E-state index in [0.29, 0.717) is 16.4 Å². The van der Waals surface area contributed by atoms with Crippen molar-refractivity contribution < 1.29 is 4.79 Å². The van der Waals surface area contributed by atoms with Crippen LogP contribution in [0.5, 0.6) is 0 Å². The number of fused-ring (bicyclic) bond motifs is 3. The van der Waals surface area contributed by atoms with Gasteiger partial charge in [-0.3, -0.25) is 4.79 Å². The summed E-state index contributed by atoms with van der Waals surface area (Å²) in [5.41, 5.74) is 9.53. The lowest BCUT2D eigenvalue weighted by atomic mass is 9.99. The minimum Gasteiger partial charge on any atom is -0.402 e. The van der Waals surface area contributed by atoms with Gasteiger partial charge >= 0.3 is 0 Å². The fourth-order valence-electron chi connectivity index (χ4n) is 2.67. The maximum absolute atomic E-state index is 11.8. The van der Waals surface area contributed by atoms with E-state index in [2.05, 4.69) is 9.97 Å². The summed E-state index contributed by atoms with van der Waals surface area (Å²) in [4.78, 5) is 19.2. The van der Waals surface area contributed by atoms with Crippen molar-refractivity contribution >= 4 is 44.8 Å². The maximum atomic E-state index is 11.8. The lowest BCUT2D eigenvalue weighted by molar-refractivity contribution is -0.111. The molecule has 2 aromatic heterocycles. The Morgan fingerprint density at radius 1 is 1.24 bits per heavy atom. The van der Waals surface area contributed by atoms with Gasteiger partial charge in [0.25, 0.3) is 0 Å². The molecule has 1 aromatic carbocycles. The second-order valence-corrected chi connectivity index (χ2v) is 5.38. The standard InChI is InChI=1S/C16H14ClN3O/c1-8(18)14(9(2)21)10-3-4-12-11(7-10)15-13(20-12)5-6-19-16(15)17/h3-7,20H,18H2,1-2H3. The number of Topliss-reactive ketones (excluding diaryl/α,β-unsaturated/α-hetero) is 1. The highest BCUT2D eigenvalue weighted by Gasteiger charge is 2.14. The number of carbonyl (C=O) groups is 1. The average molecular weight is 300 g/mol. The van der Waals surface area contributed by atoms with E-state index in [0.717, 1.165) is 27.4 Å². The molecule has 0 aliphatic rings. The van der Waals surface area contributed by atoms with E-state index in [1.165, 1.54) is 6.92 Å². The molecule has 21 heavy (non-hydrogen) atoms. The third-order valence-corrected chi connectivity index (χ3v) is 3.78. The highest BCUT2D eigenvalue weighted by Crippen LogP contribution is 2.32. The molecule has 3 rings (SSSR count). The van der Waals surface area contributed by atoms with Crippen molar-refractivity contribution in [1.82, 2.24) is 9.97 Å². The molecule has 0 radical (unpaired) electrons. The van der Waals surface area contributed by atoms with Crippen LogP contribution in [0.4, 0.5) is 0 Å². The van der Waals surface area contributed by atoms with Crippen LogP contribution < -0.4 is 5.73 Å². The largest absolute Gasteiger partial charge is 0.402 e. The Hall–Kier alpha value is -2.33. The summed E-state index contributed by atoms with van der Waals surface area (Å²) in [7, 11) is 0. The van der Waals surface area contributed by atoms with E-state index >= 15 is 0 Å². The molecule has 0 aliphatic heterocycles. The number of nitrogens with two attached hydrogens (primary N) is 1. The van der Waals surface area contributed by atoms with E-state index < -0.39 is 0 Å². The first-order valence-electron chi connectivity index (χ1n) is 6.52. The number of carbonyl (C=O) groups excluding carboxylic acids is 1. The van der Waals surface area contributed by atoms with E-state index in [9.17, 15) is 4.79 Å². The van der Waals surface area contributed by atoms with Gasteiger partial charge in [0.2, 0.25) is 0 Å². The number of aromatic amines is 1. The molecule has 0 amide bonds. The zero-order chi connectivity index (χ0) is 15.1. The second-order valence-electron chi connectivity index (χ2n) is 5.02. The molecule has 106 valence electrons. The van der Waals surface area contributed by atoms with Gasteiger partial charge in [0, 0.05) is 33.8 Å². The topological polar surface area (TPSA) is 71.8 Å². The predicted octanol–water partition coefficient (Wildman–Crippen LogP) is 3.65. The molecule has 3 aromatic rings.